The van der Waals surface area contributed by atoms with Crippen molar-refractivity contribution in [3.8, 4) is 0 Å². The molecule has 2 rings (SSSR count). The topological polar surface area (TPSA) is 77.8 Å². The summed E-state index contributed by atoms with van der Waals surface area (Å²) in [5.74, 6) is -0.490. The molecule has 0 bridgehead atoms. The molecule has 0 radical (unpaired) electrons. The summed E-state index contributed by atoms with van der Waals surface area (Å²) in [5.41, 5.74) is 3.30. The molecule has 3 N–H and O–H groups in total. The van der Waals surface area contributed by atoms with Crippen LogP contribution in [0.3, 0.4) is 0 Å². The maximum atomic E-state index is 13.3. The van der Waals surface area contributed by atoms with Crippen molar-refractivity contribution in [3.63, 3.8) is 0 Å². The minimum atomic E-state index is -1.09. The van der Waals surface area contributed by atoms with Crippen LogP contribution in [-0.2, 0) is 4.79 Å². The fraction of sp³-hybridized carbons (Fsp3) is 0.500. The summed E-state index contributed by atoms with van der Waals surface area (Å²) in [4.78, 5) is 10.6. The van der Waals surface area contributed by atoms with Gasteiger partial charge < -0.3 is 15.3 Å². The van der Waals surface area contributed by atoms with E-state index in [1.807, 2.05) is 6.08 Å². The molecule has 1 aromatic carbocycles. The van der Waals surface area contributed by atoms with E-state index in [0.717, 1.165) is 30.4 Å². The van der Waals surface area contributed by atoms with Gasteiger partial charge in [0.05, 0.1) is 18.6 Å². The lowest BCUT2D eigenvalue weighted by Crippen LogP contribution is -2.19. The van der Waals surface area contributed by atoms with E-state index in [-0.39, 0.29) is 18.7 Å². The number of hydrogen-bond acceptors (Lipinski definition) is 3. The first-order valence-electron chi connectivity index (χ1n) is 9.60. The van der Waals surface area contributed by atoms with Crippen molar-refractivity contribution in [3.05, 3.63) is 53.4 Å². The maximum Gasteiger partial charge on any atom is 0.305 e. The molecule has 0 spiro atoms. The van der Waals surface area contributed by atoms with E-state index in [0.29, 0.717) is 11.8 Å². The van der Waals surface area contributed by atoms with Crippen molar-refractivity contribution in [2.75, 3.05) is 0 Å². The zero-order chi connectivity index (χ0) is 20.0. The van der Waals surface area contributed by atoms with Gasteiger partial charge in [-0.1, -0.05) is 44.6 Å². The van der Waals surface area contributed by atoms with Crippen molar-refractivity contribution in [1.82, 2.24) is 0 Å². The molecule has 4 atom stereocenters. The molecule has 0 heterocycles. The molecule has 0 aliphatic heterocycles. The number of allylic oxidation sites excluding steroid dienone is 3. The lowest BCUT2D eigenvalue weighted by molar-refractivity contribution is -0.139. The monoisotopic (exact) mass is 376 g/mol. The van der Waals surface area contributed by atoms with Crippen LogP contribution in [0.2, 0.25) is 0 Å². The zero-order valence-electron chi connectivity index (χ0n) is 15.9. The third-order valence-electron chi connectivity index (χ3n) is 5.36. The lowest BCUT2D eigenvalue weighted by atomic mass is 9.87. The number of carbonyl (C=O) groups is 1. The minimum Gasteiger partial charge on any atom is -0.481 e. The average molecular weight is 376 g/mol. The van der Waals surface area contributed by atoms with E-state index in [4.69, 9.17) is 5.11 Å². The van der Waals surface area contributed by atoms with Gasteiger partial charge in [-0.3, -0.25) is 4.79 Å². The van der Waals surface area contributed by atoms with Gasteiger partial charge in [0.25, 0.3) is 0 Å². The number of carboxylic acid groups (broad SMARTS) is 1. The predicted molar refractivity (Wildman–Crippen MR) is 104 cm³/mol. The van der Waals surface area contributed by atoms with Crippen LogP contribution in [-0.4, -0.2) is 33.5 Å². The molecule has 0 amide bonds. The average Bonchev–Trinajstić information content (AvgIpc) is 2.97. The Hall–Kier alpha value is -1.98. The predicted octanol–water partition coefficient (Wildman–Crippen LogP) is 4.18. The van der Waals surface area contributed by atoms with Crippen LogP contribution in [0.4, 0.5) is 4.39 Å². The molecule has 1 aliphatic rings. The van der Waals surface area contributed by atoms with Crippen molar-refractivity contribution in [1.29, 1.82) is 0 Å². The second-order valence-electron chi connectivity index (χ2n) is 7.24. The molecular weight excluding hydrogens is 347 g/mol. The van der Waals surface area contributed by atoms with Crippen molar-refractivity contribution in [2.45, 2.75) is 58.2 Å². The second kappa shape index (κ2) is 9.81. The Morgan fingerprint density at radius 3 is 2.44 bits per heavy atom. The zero-order valence-corrected chi connectivity index (χ0v) is 15.9. The van der Waals surface area contributed by atoms with Crippen molar-refractivity contribution < 1.29 is 24.5 Å². The highest BCUT2D eigenvalue weighted by Crippen LogP contribution is 2.45. The summed E-state index contributed by atoms with van der Waals surface area (Å²) >= 11 is 0. The van der Waals surface area contributed by atoms with E-state index in [9.17, 15) is 19.4 Å². The summed E-state index contributed by atoms with van der Waals surface area (Å²) in [5, 5.41) is 28.6. The molecule has 0 aromatic heterocycles. The Balaban J connectivity index is 2.24. The Morgan fingerprint density at radius 2 is 1.89 bits per heavy atom. The molecule has 1 aromatic rings. The van der Waals surface area contributed by atoms with E-state index in [2.05, 4.69) is 13.8 Å². The first-order valence-corrected chi connectivity index (χ1v) is 9.60. The summed E-state index contributed by atoms with van der Waals surface area (Å²) < 4.78 is 13.3. The Labute approximate surface area is 160 Å². The molecule has 4 nitrogen and oxygen atoms in total. The SMILES string of the molecule is CCC1CC(c2ccc(F)cc2)=C(C=CC(O)CC(O)CC(=O)O)C1CC. The highest BCUT2D eigenvalue weighted by atomic mass is 19.1. The molecule has 27 heavy (non-hydrogen) atoms. The second-order valence-corrected chi connectivity index (χ2v) is 7.24. The molecule has 1 aliphatic carbocycles. The number of hydrogen-bond donors (Lipinski definition) is 3. The minimum absolute atomic E-state index is 0.0179. The van der Waals surface area contributed by atoms with Gasteiger partial charge in [-0.2, -0.15) is 0 Å². The normalized spacial score (nSPS) is 22.4. The van der Waals surface area contributed by atoms with Crippen LogP contribution in [0.25, 0.3) is 5.57 Å². The number of carboxylic acids is 1. The van der Waals surface area contributed by atoms with Gasteiger partial charge >= 0.3 is 5.97 Å². The van der Waals surface area contributed by atoms with Crippen LogP contribution in [0.15, 0.2) is 42.0 Å². The Morgan fingerprint density at radius 1 is 1.22 bits per heavy atom. The first kappa shape index (κ1) is 21.3. The molecule has 148 valence electrons. The number of rotatable bonds is 9. The number of aliphatic hydroxyl groups excluding tert-OH is 2. The van der Waals surface area contributed by atoms with Crippen LogP contribution in [0.5, 0.6) is 0 Å². The molecule has 5 heteroatoms. The lowest BCUT2D eigenvalue weighted by Gasteiger charge is -2.18. The van der Waals surface area contributed by atoms with Crippen LogP contribution in [0.1, 0.15) is 51.5 Å². The van der Waals surface area contributed by atoms with Gasteiger partial charge in [0.1, 0.15) is 5.82 Å². The third-order valence-corrected chi connectivity index (χ3v) is 5.36. The van der Waals surface area contributed by atoms with E-state index in [1.54, 1.807) is 18.2 Å². The molecule has 0 saturated carbocycles. The fourth-order valence-corrected chi connectivity index (χ4v) is 4.00. The Kier molecular flexibility index (Phi) is 7.75. The van der Waals surface area contributed by atoms with E-state index < -0.39 is 18.2 Å². The largest absolute Gasteiger partial charge is 0.481 e. The van der Waals surface area contributed by atoms with Crippen LogP contribution in [0, 0.1) is 17.7 Å². The van der Waals surface area contributed by atoms with Crippen LogP contribution < -0.4 is 0 Å². The summed E-state index contributed by atoms with van der Waals surface area (Å²) in [6.07, 6.45) is 4.06. The quantitative estimate of drug-likeness (QED) is 0.604. The van der Waals surface area contributed by atoms with E-state index >= 15 is 0 Å². The summed E-state index contributed by atoms with van der Waals surface area (Å²) in [6, 6.07) is 6.49. The van der Waals surface area contributed by atoms with Gasteiger partial charge in [0.15, 0.2) is 0 Å². The first-order chi connectivity index (χ1) is 12.8. The number of aliphatic carboxylic acids is 1. The van der Waals surface area contributed by atoms with Gasteiger partial charge in [0.2, 0.25) is 0 Å². The van der Waals surface area contributed by atoms with Gasteiger partial charge in [-0.15, -0.1) is 0 Å². The fourth-order valence-electron chi connectivity index (χ4n) is 4.00. The summed E-state index contributed by atoms with van der Waals surface area (Å²) in [7, 11) is 0. The molecular formula is C22H29FO4. The molecule has 0 saturated heterocycles. The number of aliphatic hydroxyl groups is 2. The number of halogens is 1. The smallest absolute Gasteiger partial charge is 0.305 e. The molecule has 0 fully saturated rings. The van der Waals surface area contributed by atoms with Gasteiger partial charge in [0, 0.05) is 6.42 Å². The number of benzene rings is 1. The van der Waals surface area contributed by atoms with Crippen molar-refractivity contribution in [2.24, 2.45) is 11.8 Å². The Bertz CT molecular complexity index is 693. The van der Waals surface area contributed by atoms with Gasteiger partial charge in [-0.05, 0) is 53.5 Å². The highest BCUT2D eigenvalue weighted by Gasteiger charge is 2.31. The maximum absolute atomic E-state index is 13.3. The third kappa shape index (κ3) is 5.75. The molecule has 4 unspecified atom stereocenters. The van der Waals surface area contributed by atoms with E-state index in [1.165, 1.54) is 17.7 Å². The highest BCUT2D eigenvalue weighted by molar-refractivity contribution is 5.74. The van der Waals surface area contributed by atoms with Crippen molar-refractivity contribution >= 4 is 11.5 Å². The standard InChI is InChI=1S/C22H29FO4/c1-3-14-11-21(15-5-7-16(23)8-6-15)20(19(14)4-2)10-9-17(24)12-18(25)13-22(26)27/h5-10,14,17-19,24-25H,3-4,11-13H2,1-2H3,(H,26,27). The summed E-state index contributed by atoms with van der Waals surface area (Å²) in [6.45, 7) is 4.31. The van der Waals surface area contributed by atoms with Gasteiger partial charge in [-0.25, -0.2) is 4.39 Å². The van der Waals surface area contributed by atoms with Crippen LogP contribution >= 0.6 is 0 Å².